The lowest BCUT2D eigenvalue weighted by Gasteiger charge is -2.10. The van der Waals surface area contributed by atoms with Crippen LogP contribution in [0, 0.1) is 0 Å². The predicted octanol–water partition coefficient (Wildman–Crippen LogP) is 4.39. The third-order valence-corrected chi connectivity index (χ3v) is 3.42. The summed E-state index contributed by atoms with van der Waals surface area (Å²) in [4.78, 5) is 0. The van der Waals surface area contributed by atoms with Crippen molar-refractivity contribution in [2.24, 2.45) is 0 Å². The van der Waals surface area contributed by atoms with Gasteiger partial charge in [0.05, 0.1) is 5.56 Å². The zero-order valence-corrected chi connectivity index (χ0v) is 13.1. The van der Waals surface area contributed by atoms with Crippen LogP contribution in [-0.4, -0.2) is 19.8 Å². The van der Waals surface area contributed by atoms with Gasteiger partial charge in [0.2, 0.25) is 0 Å². The second-order valence-electron chi connectivity index (χ2n) is 5.31. The van der Waals surface area contributed by atoms with Crippen LogP contribution >= 0.6 is 0 Å². The van der Waals surface area contributed by atoms with Gasteiger partial charge in [-0.2, -0.15) is 13.2 Å². The molecule has 2 aromatic carbocycles. The van der Waals surface area contributed by atoms with Gasteiger partial charge in [0.25, 0.3) is 0 Å². The summed E-state index contributed by atoms with van der Waals surface area (Å²) in [6, 6.07) is 12.6. The minimum absolute atomic E-state index is 0.0203. The van der Waals surface area contributed by atoms with Crippen molar-refractivity contribution in [3.63, 3.8) is 0 Å². The normalized spacial score (nSPS) is 11.5. The number of hydrogen-bond donors (Lipinski definition) is 1. The van der Waals surface area contributed by atoms with E-state index in [1.807, 2.05) is 18.2 Å². The highest BCUT2D eigenvalue weighted by molar-refractivity contribution is 5.28. The summed E-state index contributed by atoms with van der Waals surface area (Å²) in [5, 5.41) is 3.18. The average Bonchev–Trinajstić information content (AvgIpc) is 2.57. The summed E-state index contributed by atoms with van der Waals surface area (Å²) >= 11 is 0. The Balaban J connectivity index is 1.81. The lowest BCUT2D eigenvalue weighted by molar-refractivity contribution is -0.137. The molecule has 130 valence electrons. The van der Waals surface area contributed by atoms with Crippen molar-refractivity contribution in [3.8, 4) is 5.75 Å². The molecular formula is C18H19F4NO. The van der Waals surface area contributed by atoms with Crippen molar-refractivity contribution in [2.45, 2.75) is 19.1 Å². The van der Waals surface area contributed by atoms with Crippen LogP contribution in [0.4, 0.5) is 17.6 Å². The van der Waals surface area contributed by atoms with Crippen LogP contribution in [0.1, 0.15) is 16.7 Å². The predicted molar refractivity (Wildman–Crippen MR) is 84.8 cm³/mol. The second kappa shape index (κ2) is 8.68. The minimum Gasteiger partial charge on any atom is -0.491 e. The van der Waals surface area contributed by atoms with Crippen molar-refractivity contribution >= 4 is 0 Å². The molecule has 0 unspecified atom stereocenters. The minimum atomic E-state index is -4.32. The number of benzene rings is 2. The maximum absolute atomic E-state index is 12.7. The number of nitrogens with one attached hydrogen (secondary N) is 1. The highest BCUT2D eigenvalue weighted by atomic mass is 19.4. The Labute approximate surface area is 138 Å². The molecule has 0 aliphatic rings. The molecule has 2 nitrogen and oxygen atoms in total. The van der Waals surface area contributed by atoms with Gasteiger partial charge in [-0.05, 0) is 42.3 Å². The maximum atomic E-state index is 12.7. The van der Waals surface area contributed by atoms with E-state index in [1.54, 1.807) is 12.1 Å². The Kier molecular flexibility index (Phi) is 6.61. The van der Waals surface area contributed by atoms with E-state index in [4.69, 9.17) is 4.74 Å². The molecule has 0 heterocycles. The first kappa shape index (κ1) is 18.3. The van der Waals surface area contributed by atoms with E-state index in [-0.39, 0.29) is 6.61 Å². The van der Waals surface area contributed by atoms with Crippen molar-refractivity contribution in [1.82, 2.24) is 5.32 Å². The van der Waals surface area contributed by atoms with E-state index >= 15 is 0 Å². The van der Waals surface area contributed by atoms with Gasteiger partial charge in [0.15, 0.2) is 0 Å². The van der Waals surface area contributed by atoms with Gasteiger partial charge in [0.1, 0.15) is 19.0 Å². The lowest BCUT2D eigenvalue weighted by Crippen LogP contribution is -2.17. The van der Waals surface area contributed by atoms with Crippen LogP contribution < -0.4 is 10.1 Å². The van der Waals surface area contributed by atoms with Gasteiger partial charge in [-0.15, -0.1) is 0 Å². The van der Waals surface area contributed by atoms with Gasteiger partial charge >= 0.3 is 6.18 Å². The molecule has 24 heavy (non-hydrogen) atoms. The molecule has 1 N–H and O–H groups in total. The highest BCUT2D eigenvalue weighted by Crippen LogP contribution is 2.29. The highest BCUT2D eigenvalue weighted by Gasteiger charge is 2.30. The molecular weight excluding hydrogens is 322 g/mol. The Morgan fingerprint density at radius 2 is 1.71 bits per heavy atom. The van der Waals surface area contributed by atoms with Crippen molar-refractivity contribution in [1.29, 1.82) is 0 Å². The Morgan fingerprint density at radius 3 is 2.46 bits per heavy atom. The molecule has 0 spiro atoms. The Bertz CT molecular complexity index is 643. The fourth-order valence-corrected chi connectivity index (χ4v) is 2.27. The molecule has 2 rings (SSSR count). The first-order valence-electron chi connectivity index (χ1n) is 7.63. The number of alkyl halides is 4. The zero-order valence-electron chi connectivity index (χ0n) is 13.1. The van der Waals surface area contributed by atoms with Gasteiger partial charge < -0.3 is 10.1 Å². The van der Waals surface area contributed by atoms with Crippen LogP contribution in [0.25, 0.3) is 0 Å². The van der Waals surface area contributed by atoms with Gasteiger partial charge in [0, 0.05) is 6.54 Å². The molecule has 2 aromatic rings. The van der Waals surface area contributed by atoms with E-state index in [0.717, 1.165) is 11.6 Å². The van der Waals surface area contributed by atoms with Crippen LogP contribution in [0.5, 0.6) is 5.75 Å². The number of hydrogen-bond acceptors (Lipinski definition) is 2. The summed E-state index contributed by atoms with van der Waals surface area (Å²) < 4.78 is 55.2. The molecule has 0 aliphatic heterocycles. The van der Waals surface area contributed by atoms with Crippen LogP contribution in [0.3, 0.4) is 0 Å². The Morgan fingerprint density at radius 1 is 0.958 bits per heavy atom. The molecule has 0 aromatic heterocycles. The maximum Gasteiger partial charge on any atom is 0.416 e. The average molecular weight is 341 g/mol. The molecule has 0 atom stereocenters. The van der Waals surface area contributed by atoms with Gasteiger partial charge in [-0.1, -0.05) is 30.3 Å². The van der Waals surface area contributed by atoms with Crippen LogP contribution in [-0.2, 0) is 19.1 Å². The SMILES string of the molecule is FCCOc1cccc(CNCCc2cccc(C(F)(F)F)c2)c1. The molecule has 0 fully saturated rings. The lowest BCUT2D eigenvalue weighted by atomic mass is 10.1. The van der Waals surface area contributed by atoms with E-state index in [9.17, 15) is 17.6 Å². The van der Waals surface area contributed by atoms with Gasteiger partial charge in [-0.25, -0.2) is 4.39 Å². The standard InChI is InChI=1S/C18H19F4NO/c19-8-10-24-17-6-2-4-15(12-17)13-23-9-7-14-3-1-5-16(11-14)18(20,21)22/h1-6,11-12,23H,7-10,13H2. The van der Waals surface area contributed by atoms with Crippen molar-refractivity contribution in [2.75, 3.05) is 19.8 Å². The molecule has 6 heteroatoms. The quantitative estimate of drug-likeness (QED) is 0.568. The van der Waals surface area contributed by atoms with E-state index in [1.165, 1.54) is 12.1 Å². The van der Waals surface area contributed by atoms with Crippen LogP contribution in [0.15, 0.2) is 48.5 Å². The molecule has 0 radical (unpaired) electrons. The number of halogens is 4. The summed E-state index contributed by atoms with van der Waals surface area (Å²) in [6.07, 6.45) is -3.81. The summed E-state index contributed by atoms with van der Waals surface area (Å²) in [7, 11) is 0. The summed E-state index contributed by atoms with van der Waals surface area (Å²) in [6.45, 7) is 0.592. The third kappa shape index (κ3) is 5.85. The van der Waals surface area contributed by atoms with Crippen LogP contribution in [0.2, 0.25) is 0 Å². The smallest absolute Gasteiger partial charge is 0.416 e. The largest absolute Gasteiger partial charge is 0.491 e. The fraction of sp³-hybridized carbons (Fsp3) is 0.333. The van der Waals surface area contributed by atoms with Gasteiger partial charge in [-0.3, -0.25) is 0 Å². The van der Waals surface area contributed by atoms with E-state index < -0.39 is 18.4 Å². The first-order chi connectivity index (χ1) is 11.5. The summed E-state index contributed by atoms with van der Waals surface area (Å²) in [5.41, 5.74) is 0.977. The first-order valence-corrected chi connectivity index (χ1v) is 7.63. The zero-order chi connectivity index (χ0) is 17.4. The molecule has 0 saturated heterocycles. The second-order valence-corrected chi connectivity index (χ2v) is 5.31. The monoisotopic (exact) mass is 341 g/mol. The van der Waals surface area contributed by atoms with Crippen molar-refractivity contribution in [3.05, 3.63) is 65.2 Å². The topological polar surface area (TPSA) is 21.3 Å². The molecule has 0 saturated carbocycles. The van der Waals surface area contributed by atoms with E-state index in [0.29, 0.717) is 30.8 Å². The Hall–Kier alpha value is -2.08. The molecule has 0 aliphatic carbocycles. The van der Waals surface area contributed by atoms with E-state index in [2.05, 4.69) is 5.32 Å². The number of rotatable bonds is 8. The molecule has 0 bridgehead atoms. The number of ether oxygens (including phenoxy) is 1. The molecule has 0 amide bonds. The van der Waals surface area contributed by atoms with Crippen molar-refractivity contribution < 1.29 is 22.3 Å². The fourth-order valence-electron chi connectivity index (χ4n) is 2.27. The summed E-state index contributed by atoms with van der Waals surface area (Å²) in [5.74, 6) is 0.602. The third-order valence-electron chi connectivity index (χ3n) is 3.42.